The maximum Gasteiger partial charge on any atom is 0.416 e. The molecule has 2 N–H and O–H groups in total. The van der Waals surface area contributed by atoms with Crippen molar-refractivity contribution in [2.24, 2.45) is 5.41 Å². The molecule has 1 saturated heterocycles. The molecule has 2 fully saturated rings. The number of carboxylic acids is 1. The average molecular weight is 685 g/mol. The molecule has 0 atom stereocenters. The first-order chi connectivity index (χ1) is 23.4. The van der Waals surface area contributed by atoms with Crippen LogP contribution in [0.15, 0.2) is 36.7 Å². The molecule has 0 spiro atoms. The van der Waals surface area contributed by atoms with Gasteiger partial charge in [0.25, 0.3) is 0 Å². The Morgan fingerprint density at radius 1 is 1.04 bits per heavy atom. The predicted octanol–water partition coefficient (Wildman–Crippen LogP) is 5.87. The molecule has 15 heteroatoms. The maximum absolute atomic E-state index is 14.5. The van der Waals surface area contributed by atoms with Crippen molar-refractivity contribution >= 4 is 28.6 Å². The Kier molecular flexibility index (Phi) is 10.0. The second-order valence-electron chi connectivity index (χ2n) is 13.0. The number of anilines is 2. The van der Waals surface area contributed by atoms with Crippen molar-refractivity contribution in [1.82, 2.24) is 29.8 Å². The minimum absolute atomic E-state index is 0.00878. The summed E-state index contributed by atoms with van der Waals surface area (Å²) in [5, 5.41) is 8.97. The zero-order chi connectivity index (χ0) is 34.8. The van der Waals surface area contributed by atoms with Gasteiger partial charge in [0.05, 0.1) is 42.4 Å². The van der Waals surface area contributed by atoms with E-state index < -0.39 is 23.5 Å². The molecule has 262 valence electrons. The lowest BCUT2D eigenvalue weighted by Crippen LogP contribution is -2.47. The molecule has 11 nitrogen and oxygen atoms in total. The van der Waals surface area contributed by atoms with E-state index in [0.717, 1.165) is 37.8 Å². The highest BCUT2D eigenvalue weighted by molar-refractivity contribution is 5.91. The number of aliphatic carboxylic acids is 1. The summed E-state index contributed by atoms with van der Waals surface area (Å²) in [6.07, 6.45) is 2.79. The highest BCUT2D eigenvalue weighted by Gasteiger charge is 2.36. The number of H-pyrrole nitrogens is 1. The molecular formula is C34H40F4N8O3. The van der Waals surface area contributed by atoms with Crippen LogP contribution in [0.25, 0.3) is 33.9 Å². The molecule has 4 aromatic rings. The lowest BCUT2D eigenvalue weighted by Gasteiger charge is -2.34. The monoisotopic (exact) mass is 684 g/mol. The normalized spacial score (nSPS) is 16.8. The minimum Gasteiger partial charge on any atom is -0.481 e. The molecule has 3 aromatic heterocycles. The Balaban J connectivity index is 1.32. The zero-order valence-corrected chi connectivity index (χ0v) is 27.6. The molecule has 1 saturated carbocycles. The number of pyridine rings is 1. The van der Waals surface area contributed by atoms with E-state index in [9.17, 15) is 22.4 Å². The lowest BCUT2D eigenvalue weighted by atomic mass is 9.86. The van der Waals surface area contributed by atoms with Gasteiger partial charge in [0.15, 0.2) is 11.5 Å². The summed E-state index contributed by atoms with van der Waals surface area (Å²) in [4.78, 5) is 39.0. The topological polar surface area (TPSA) is 124 Å². The van der Waals surface area contributed by atoms with Gasteiger partial charge in [-0.25, -0.2) is 24.3 Å². The van der Waals surface area contributed by atoms with Crippen molar-refractivity contribution in [2.75, 3.05) is 69.3 Å². The molecular weight excluding hydrogens is 644 g/mol. The largest absolute Gasteiger partial charge is 0.481 e. The van der Waals surface area contributed by atoms with Crippen LogP contribution < -0.4 is 9.80 Å². The first kappa shape index (κ1) is 34.5. The van der Waals surface area contributed by atoms with Gasteiger partial charge in [-0.2, -0.15) is 13.2 Å². The maximum atomic E-state index is 14.5. The molecule has 0 amide bonds. The molecule has 1 aliphatic heterocycles. The van der Waals surface area contributed by atoms with E-state index in [1.165, 1.54) is 0 Å². The molecule has 1 aromatic carbocycles. The van der Waals surface area contributed by atoms with E-state index in [1.54, 1.807) is 18.5 Å². The smallest absolute Gasteiger partial charge is 0.416 e. The van der Waals surface area contributed by atoms with E-state index in [4.69, 9.17) is 9.84 Å². The summed E-state index contributed by atoms with van der Waals surface area (Å²) in [6.45, 7) is 7.09. The van der Waals surface area contributed by atoms with Crippen molar-refractivity contribution in [2.45, 2.75) is 45.2 Å². The number of fused-ring (bicyclic) bond motifs is 1. The highest BCUT2D eigenvalue weighted by Crippen LogP contribution is 2.41. The van der Waals surface area contributed by atoms with E-state index in [2.05, 4.69) is 39.6 Å². The summed E-state index contributed by atoms with van der Waals surface area (Å²) in [5.74, 6) is -0.764. The number of nitrogens with one attached hydrogen (secondary N) is 1. The Morgan fingerprint density at radius 3 is 2.45 bits per heavy atom. The number of alkyl halides is 3. The number of hydrogen-bond donors (Lipinski definition) is 2. The van der Waals surface area contributed by atoms with Gasteiger partial charge < -0.3 is 24.6 Å². The summed E-state index contributed by atoms with van der Waals surface area (Å²) in [7, 11) is 1.92. The van der Waals surface area contributed by atoms with Crippen LogP contribution >= 0.6 is 0 Å². The van der Waals surface area contributed by atoms with E-state index in [1.807, 2.05) is 14.0 Å². The average Bonchev–Trinajstić information content (AvgIpc) is 3.73. The van der Waals surface area contributed by atoms with Crippen molar-refractivity contribution in [3.05, 3.63) is 48.0 Å². The number of benzene rings is 1. The van der Waals surface area contributed by atoms with Crippen LogP contribution in [0.1, 0.15) is 44.6 Å². The van der Waals surface area contributed by atoms with E-state index in [0.29, 0.717) is 87.1 Å². The fourth-order valence-electron chi connectivity index (χ4n) is 6.88. The van der Waals surface area contributed by atoms with Crippen LogP contribution in [0.5, 0.6) is 0 Å². The number of carbonyl (C=O) groups is 1. The third-order valence-corrected chi connectivity index (χ3v) is 9.44. The first-order valence-corrected chi connectivity index (χ1v) is 16.5. The second-order valence-corrected chi connectivity index (χ2v) is 13.0. The van der Waals surface area contributed by atoms with Gasteiger partial charge in [-0.3, -0.25) is 9.69 Å². The molecule has 0 bridgehead atoms. The van der Waals surface area contributed by atoms with Crippen LogP contribution in [-0.2, 0) is 15.7 Å². The van der Waals surface area contributed by atoms with Crippen molar-refractivity contribution in [3.8, 4) is 22.8 Å². The molecule has 1 aliphatic carbocycles. The number of hydrogen-bond acceptors (Lipinski definition) is 9. The van der Waals surface area contributed by atoms with Crippen LogP contribution in [0.4, 0.5) is 29.1 Å². The fraction of sp³-hybridized carbons (Fsp3) is 0.500. The predicted molar refractivity (Wildman–Crippen MR) is 177 cm³/mol. The standard InChI is InChI=1S/C34H40F4N8O3/c1-3-49-21-33(7-4-5-8-33)20-44(2)27-17-25(22-14-23(34(36,37)38)16-24(35)15-22)41-32-30(27)42-31(43-32)26-18-40-28(19-39-26)46-12-10-45(11-13-46)9-6-29(47)48/h14-19H,3-13,20-21H2,1-2H3,(H,47,48)(H,41,42,43). The number of aromatic nitrogens is 5. The second kappa shape index (κ2) is 14.2. The van der Waals surface area contributed by atoms with Gasteiger partial charge in [0.1, 0.15) is 22.8 Å². The minimum atomic E-state index is -4.73. The van der Waals surface area contributed by atoms with Crippen LogP contribution in [0.3, 0.4) is 0 Å². The summed E-state index contributed by atoms with van der Waals surface area (Å²) < 4.78 is 61.3. The van der Waals surface area contributed by atoms with Crippen molar-refractivity contribution in [3.63, 3.8) is 0 Å². The number of ether oxygens (including phenoxy) is 1. The SMILES string of the molecule is CCOCC1(CN(C)c2cc(-c3cc(F)cc(C(F)(F)F)c3)nc3nc(-c4cnc(N5CCN(CCC(=O)O)CC5)cn4)[nH]c23)CCCC1. The number of carboxylic acid groups (broad SMARTS) is 1. The highest BCUT2D eigenvalue weighted by atomic mass is 19.4. The van der Waals surface area contributed by atoms with Gasteiger partial charge in [-0.05, 0) is 44.0 Å². The molecule has 49 heavy (non-hydrogen) atoms. The number of piperazine rings is 1. The molecule has 6 rings (SSSR count). The van der Waals surface area contributed by atoms with Crippen LogP contribution in [0.2, 0.25) is 0 Å². The molecule has 2 aliphatic rings. The third-order valence-electron chi connectivity index (χ3n) is 9.44. The van der Waals surface area contributed by atoms with E-state index >= 15 is 0 Å². The fourth-order valence-corrected chi connectivity index (χ4v) is 6.88. The van der Waals surface area contributed by atoms with E-state index in [-0.39, 0.29) is 28.7 Å². The Morgan fingerprint density at radius 2 is 1.80 bits per heavy atom. The van der Waals surface area contributed by atoms with Crippen LogP contribution in [-0.4, -0.2) is 100 Å². The Hall–Kier alpha value is -4.37. The van der Waals surface area contributed by atoms with Crippen molar-refractivity contribution < 1.29 is 32.2 Å². The molecule has 4 heterocycles. The number of imidazole rings is 1. The van der Waals surface area contributed by atoms with Gasteiger partial charge >= 0.3 is 12.1 Å². The van der Waals surface area contributed by atoms with Gasteiger partial charge in [0, 0.05) is 63.9 Å². The number of rotatable bonds is 12. The number of nitrogens with zero attached hydrogens (tertiary/aromatic N) is 7. The summed E-state index contributed by atoms with van der Waals surface area (Å²) in [6, 6.07) is 4.09. The molecule has 0 unspecified atom stereocenters. The first-order valence-electron chi connectivity index (χ1n) is 16.5. The number of aromatic amines is 1. The lowest BCUT2D eigenvalue weighted by molar-refractivity contribution is -0.138. The van der Waals surface area contributed by atoms with Gasteiger partial charge in [-0.1, -0.05) is 12.8 Å². The number of halogens is 4. The van der Waals surface area contributed by atoms with Crippen LogP contribution in [0, 0.1) is 11.2 Å². The summed E-state index contributed by atoms with van der Waals surface area (Å²) >= 11 is 0. The van der Waals surface area contributed by atoms with Gasteiger partial charge in [0.2, 0.25) is 0 Å². The quantitative estimate of drug-likeness (QED) is 0.175. The summed E-state index contributed by atoms with van der Waals surface area (Å²) in [5.41, 5.74) is 0.894. The third kappa shape index (κ3) is 7.93. The van der Waals surface area contributed by atoms with Gasteiger partial charge in [-0.15, -0.1) is 0 Å². The Bertz CT molecular complexity index is 1770. The Labute approximate surface area is 281 Å². The molecule has 0 radical (unpaired) electrons. The zero-order valence-electron chi connectivity index (χ0n) is 27.6. The van der Waals surface area contributed by atoms with Crippen molar-refractivity contribution in [1.29, 1.82) is 0 Å².